The Morgan fingerprint density at radius 3 is 2.64 bits per heavy atom. The number of amides is 2. The molecule has 0 radical (unpaired) electrons. The molecule has 0 spiro atoms. The number of nitrogens with one attached hydrogen (secondary N) is 2. The van der Waals surface area contributed by atoms with Crippen LogP contribution in [-0.2, 0) is 17.6 Å². The fourth-order valence-corrected chi connectivity index (χ4v) is 4.99. The first-order chi connectivity index (χ1) is 16.0. The predicted octanol–water partition coefficient (Wildman–Crippen LogP) is 4.70. The average molecular weight is 462 g/mol. The molecule has 168 valence electrons. The van der Waals surface area contributed by atoms with E-state index in [9.17, 15) is 14.9 Å². The van der Waals surface area contributed by atoms with Crippen molar-refractivity contribution in [2.45, 2.75) is 26.2 Å². The van der Waals surface area contributed by atoms with E-state index in [4.69, 9.17) is 9.47 Å². The van der Waals surface area contributed by atoms with E-state index in [2.05, 4.69) is 16.7 Å². The number of benzene rings is 2. The number of thiophene rings is 1. The molecule has 1 heterocycles. The molecule has 2 N–H and O–H groups in total. The number of aryl methyl sites for hydroxylation is 2. The van der Waals surface area contributed by atoms with Crippen LogP contribution in [0.25, 0.3) is 0 Å². The second-order valence-electron chi connectivity index (χ2n) is 7.69. The van der Waals surface area contributed by atoms with Gasteiger partial charge in [-0.15, -0.1) is 11.3 Å². The third-order valence-corrected chi connectivity index (χ3v) is 6.58. The first-order valence-electron chi connectivity index (χ1n) is 10.5. The Morgan fingerprint density at radius 1 is 1.12 bits per heavy atom. The molecule has 7 nitrogen and oxygen atoms in total. The van der Waals surface area contributed by atoms with Crippen molar-refractivity contribution in [3.05, 3.63) is 69.6 Å². The zero-order valence-corrected chi connectivity index (χ0v) is 19.2. The molecule has 1 aromatic heterocycles. The van der Waals surface area contributed by atoms with Crippen LogP contribution in [0.5, 0.6) is 11.5 Å². The van der Waals surface area contributed by atoms with E-state index in [1.807, 2.05) is 19.1 Å². The van der Waals surface area contributed by atoms with E-state index in [0.29, 0.717) is 33.3 Å². The molecule has 0 bridgehead atoms. The van der Waals surface area contributed by atoms with Crippen LogP contribution in [0.15, 0.2) is 42.5 Å². The average Bonchev–Trinajstić information content (AvgIpc) is 3.39. The Hall–Kier alpha value is -3.83. The van der Waals surface area contributed by atoms with Gasteiger partial charge in [-0.05, 0) is 73.7 Å². The van der Waals surface area contributed by atoms with E-state index >= 15 is 0 Å². The zero-order chi connectivity index (χ0) is 23.4. The van der Waals surface area contributed by atoms with Gasteiger partial charge in [0.15, 0.2) is 6.61 Å². The highest BCUT2D eigenvalue weighted by Crippen LogP contribution is 2.38. The molecule has 0 saturated heterocycles. The predicted molar refractivity (Wildman–Crippen MR) is 127 cm³/mol. The van der Waals surface area contributed by atoms with Crippen LogP contribution in [0, 0.1) is 18.3 Å². The highest BCUT2D eigenvalue weighted by atomic mass is 32.1. The second kappa shape index (κ2) is 9.76. The maximum absolute atomic E-state index is 12.6. The van der Waals surface area contributed by atoms with Gasteiger partial charge in [0.2, 0.25) is 0 Å². The molecular formula is C25H23N3O4S. The van der Waals surface area contributed by atoms with Gasteiger partial charge in [0.1, 0.15) is 22.6 Å². The molecule has 33 heavy (non-hydrogen) atoms. The number of carbonyl (C=O) groups excluding carboxylic acids is 2. The van der Waals surface area contributed by atoms with Crippen LogP contribution in [0.4, 0.5) is 10.7 Å². The maximum Gasteiger partial charge on any atom is 0.262 e. The van der Waals surface area contributed by atoms with Crippen molar-refractivity contribution in [2.75, 3.05) is 24.4 Å². The summed E-state index contributed by atoms with van der Waals surface area (Å²) in [6, 6.07) is 14.3. The molecule has 2 amide bonds. The van der Waals surface area contributed by atoms with Gasteiger partial charge in [0.25, 0.3) is 11.8 Å². The monoisotopic (exact) mass is 461 g/mol. The van der Waals surface area contributed by atoms with Crippen LogP contribution < -0.4 is 20.1 Å². The van der Waals surface area contributed by atoms with E-state index in [0.717, 1.165) is 30.4 Å². The van der Waals surface area contributed by atoms with E-state index < -0.39 is 0 Å². The normalized spacial score (nSPS) is 11.9. The summed E-state index contributed by atoms with van der Waals surface area (Å²) in [4.78, 5) is 26.1. The molecule has 4 rings (SSSR count). The molecule has 0 unspecified atom stereocenters. The van der Waals surface area contributed by atoms with Crippen LogP contribution >= 0.6 is 11.3 Å². The zero-order valence-electron chi connectivity index (χ0n) is 18.4. The summed E-state index contributed by atoms with van der Waals surface area (Å²) in [5.74, 6) is 0.428. The molecule has 0 saturated carbocycles. The Morgan fingerprint density at radius 2 is 1.91 bits per heavy atom. The van der Waals surface area contributed by atoms with E-state index in [1.54, 1.807) is 37.4 Å². The summed E-state index contributed by atoms with van der Waals surface area (Å²) in [5, 5.41) is 15.7. The summed E-state index contributed by atoms with van der Waals surface area (Å²) >= 11 is 1.47. The minimum atomic E-state index is -0.334. The quantitative estimate of drug-likeness (QED) is 0.531. The van der Waals surface area contributed by atoms with Gasteiger partial charge < -0.3 is 20.1 Å². The number of carbonyl (C=O) groups is 2. The van der Waals surface area contributed by atoms with Gasteiger partial charge in [0, 0.05) is 10.4 Å². The van der Waals surface area contributed by atoms with Gasteiger partial charge in [-0.3, -0.25) is 9.59 Å². The first-order valence-corrected chi connectivity index (χ1v) is 11.3. The fraction of sp³-hybridized carbons (Fsp3) is 0.240. The number of hydrogen-bond donors (Lipinski definition) is 2. The largest absolute Gasteiger partial charge is 0.495 e. The van der Waals surface area contributed by atoms with Gasteiger partial charge in [-0.25, -0.2) is 0 Å². The van der Waals surface area contributed by atoms with Gasteiger partial charge >= 0.3 is 0 Å². The standard InChI is InChI=1S/C25H23N3O4S/c1-15-6-11-21(31-2)20(12-15)27-24(30)16-7-9-17(10-8-16)32-14-23(29)28-25-19(13-26)18-4-3-5-22(18)33-25/h6-12H,3-5,14H2,1-2H3,(H,27,30)(H,28,29). The number of methoxy groups -OCH3 is 1. The Bertz CT molecular complexity index is 1240. The van der Waals surface area contributed by atoms with E-state index in [-0.39, 0.29) is 18.4 Å². The fourth-order valence-electron chi connectivity index (χ4n) is 3.74. The number of anilines is 2. The van der Waals surface area contributed by atoms with Gasteiger partial charge in [0.05, 0.1) is 18.4 Å². The molecule has 1 aliphatic carbocycles. The second-order valence-corrected chi connectivity index (χ2v) is 8.80. The highest BCUT2D eigenvalue weighted by molar-refractivity contribution is 7.16. The smallest absolute Gasteiger partial charge is 0.262 e. The number of nitriles is 1. The van der Waals surface area contributed by atoms with Crippen molar-refractivity contribution in [3.8, 4) is 17.6 Å². The lowest BCUT2D eigenvalue weighted by Gasteiger charge is -2.11. The van der Waals surface area contributed by atoms with Crippen LogP contribution in [0.3, 0.4) is 0 Å². The van der Waals surface area contributed by atoms with Gasteiger partial charge in [-0.1, -0.05) is 6.07 Å². The third-order valence-electron chi connectivity index (χ3n) is 5.38. The topological polar surface area (TPSA) is 100 Å². The summed E-state index contributed by atoms with van der Waals surface area (Å²) in [6.07, 6.45) is 2.90. The molecule has 0 atom stereocenters. The molecular weight excluding hydrogens is 438 g/mol. The van der Waals surface area contributed by atoms with Crippen LogP contribution in [0.2, 0.25) is 0 Å². The summed E-state index contributed by atoms with van der Waals surface area (Å²) in [6.45, 7) is 1.74. The number of nitrogens with zero attached hydrogens (tertiary/aromatic N) is 1. The molecule has 3 aromatic rings. The van der Waals surface area contributed by atoms with Crippen LogP contribution in [0.1, 0.15) is 38.3 Å². The summed E-state index contributed by atoms with van der Waals surface area (Å²) < 4.78 is 10.8. The van der Waals surface area contributed by atoms with Crippen molar-refractivity contribution >= 4 is 33.8 Å². The Balaban J connectivity index is 1.34. The van der Waals surface area contributed by atoms with Crippen molar-refractivity contribution in [1.82, 2.24) is 0 Å². The Labute approximate surface area is 196 Å². The number of hydrogen-bond acceptors (Lipinski definition) is 6. The molecule has 2 aromatic carbocycles. The molecule has 1 aliphatic rings. The minimum Gasteiger partial charge on any atom is -0.495 e. The lowest BCUT2D eigenvalue weighted by Crippen LogP contribution is -2.20. The molecule has 0 fully saturated rings. The lowest BCUT2D eigenvalue weighted by molar-refractivity contribution is -0.118. The SMILES string of the molecule is COc1ccc(C)cc1NC(=O)c1ccc(OCC(=O)Nc2sc3c(c2C#N)CCC3)cc1. The van der Waals surface area contributed by atoms with E-state index in [1.165, 1.54) is 16.2 Å². The number of rotatable bonds is 7. The van der Waals surface area contributed by atoms with Crippen molar-refractivity contribution in [3.63, 3.8) is 0 Å². The van der Waals surface area contributed by atoms with Gasteiger partial charge in [-0.2, -0.15) is 5.26 Å². The first kappa shape index (κ1) is 22.4. The van der Waals surface area contributed by atoms with Crippen molar-refractivity contribution in [2.24, 2.45) is 0 Å². The highest BCUT2D eigenvalue weighted by Gasteiger charge is 2.23. The summed E-state index contributed by atoms with van der Waals surface area (Å²) in [5.41, 5.74) is 3.68. The molecule has 0 aliphatic heterocycles. The van der Waals surface area contributed by atoms with Crippen molar-refractivity contribution in [1.29, 1.82) is 5.26 Å². The Kier molecular flexibility index (Phi) is 6.61. The number of ether oxygens (including phenoxy) is 2. The number of fused-ring (bicyclic) bond motifs is 1. The van der Waals surface area contributed by atoms with Crippen LogP contribution in [-0.4, -0.2) is 25.5 Å². The lowest BCUT2D eigenvalue weighted by atomic mass is 10.1. The minimum absolute atomic E-state index is 0.195. The van der Waals surface area contributed by atoms with Crippen molar-refractivity contribution < 1.29 is 19.1 Å². The maximum atomic E-state index is 12.6. The molecule has 8 heteroatoms. The summed E-state index contributed by atoms with van der Waals surface area (Å²) in [7, 11) is 1.55. The third kappa shape index (κ3) is 4.99.